The predicted molar refractivity (Wildman–Crippen MR) is 68.7 cm³/mol. The molecule has 2 saturated heterocycles. The van der Waals surface area contributed by atoms with Gasteiger partial charge in [0.25, 0.3) is 0 Å². The Balaban J connectivity index is 1.65. The topological polar surface area (TPSA) is 41.1 Å². The third-order valence-corrected chi connectivity index (χ3v) is 4.84. The van der Waals surface area contributed by atoms with Crippen LogP contribution in [0.2, 0.25) is 0 Å². The number of nitrogens with one attached hydrogen (secondary N) is 2. The second kappa shape index (κ2) is 6.50. The Morgan fingerprint density at radius 1 is 1.31 bits per heavy atom. The van der Waals surface area contributed by atoms with Gasteiger partial charge in [-0.25, -0.2) is 0 Å². The summed E-state index contributed by atoms with van der Waals surface area (Å²) < 4.78 is 0. The molecule has 1 unspecified atom stereocenters. The van der Waals surface area contributed by atoms with E-state index >= 15 is 0 Å². The van der Waals surface area contributed by atoms with Crippen molar-refractivity contribution in [2.24, 2.45) is 5.92 Å². The Bertz CT molecular complexity index is 223. The molecular weight excluding hydrogens is 220 g/mol. The standard InChI is InChI=1S/C12H22N2OS/c15-12(10-4-3-6-13-8-10)14-9-11-5-1-2-7-16-11/h10-11,13H,1-9H2,(H,14,15)/t10-,11?/m1/s1. The van der Waals surface area contributed by atoms with Crippen molar-refractivity contribution >= 4 is 17.7 Å². The van der Waals surface area contributed by atoms with Crippen LogP contribution in [0.5, 0.6) is 0 Å². The summed E-state index contributed by atoms with van der Waals surface area (Å²) in [5.74, 6) is 1.74. The highest BCUT2D eigenvalue weighted by molar-refractivity contribution is 7.99. The SMILES string of the molecule is O=C(NCC1CCCCS1)[C@@H]1CCCNC1. The molecule has 92 valence electrons. The molecule has 0 saturated carbocycles. The monoisotopic (exact) mass is 242 g/mol. The zero-order valence-corrected chi connectivity index (χ0v) is 10.7. The van der Waals surface area contributed by atoms with E-state index in [0.717, 1.165) is 32.5 Å². The summed E-state index contributed by atoms with van der Waals surface area (Å²) in [4.78, 5) is 11.9. The normalized spacial score (nSPS) is 31.0. The third kappa shape index (κ3) is 3.67. The molecule has 2 fully saturated rings. The minimum atomic E-state index is 0.211. The van der Waals surface area contributed by atoms with E-state index in [-0.39, 0.29) is 11.8 Å². The molecule has 2 aliphatic heterocycles. The van der Waals surface area contributed by atoms with E-state index in [1.54, 1.807) is 0 Å². The van der Waals surface area contributed by atoms with E-state index in [0.29, 0.717) is 5.25 Å². The van der Waals surface area contributed by atoms with Crippen molar-refractivity contribution in [3.05, 3.63) is 0 Å². The first-order valence-corrected chi connectivity index (χ1v) is 7.51. The number of thioether (sulfide) groups is 1. The fourth-order valence-electron chi connectivity index (χ4n) is 2.40. The lowest BCUT2D eigenvalue weighted by Gasteiger charge is -2.25. The Morgan fingerprint density at radius 3 is 2.94 bits per heavy atom. The number of piperidine rings is 1. The van der Waals surface area contributed by atoms with Gasteiger partial charge in [0.1, 0.15) is 0 Å². The van der Waals surface area contributed by atoms with Crippen LogP contribution in [0.15, 0.2) is 0 Å². The lowest BCUT2D eigenvalue weighted by atomic mass is 9.99. The molecule has 0 bridgehead atoms. The molecular formula is C12H22N2OS. The highest BCUT2D eigenvalue weighted by atomic mass is 32.2. The largest absolute Gasteiger partial charge is 0.355 e. The number of carbonyl (C=O) groups excluding carboxylic acids is 1. The molecule has 2 rings (SSSR count). The maximum absolute atomic E-state index is 11.9. The molecule has 4 heteroatoms. The number of amides is 1. The molecule has 0 aromatic carbocycles. The summed E-state index contributed by atoms with van der Waals surface area (Å²) in [5.41, 5.74) is 0. The van der Waals surface area contributed by atoms with Crippen molar-refractivity contribution in [1.29, 1.82) is 0 Å². The first-order chi connectivity index (χ1) is 7.86. The summed E-state index contributed by atoms with van der Waals surface area (Å²) >= 11 is 2.02. The lowest BCUT2D eigenvalue weighted by molar-refractivity contribution is -0.125. The second-order valence-corrected chi connectivity index (χ2v) is 6.19. The molecule has 0 aromatic rings. The van der Waals surface area contributed by atoms with Crippen LogP contribution in [0.1, 0.15) is 32.1 Å². The van der Waals surface area contributed by atoms with Crippen molar-refractivity contribution in [3.8, 4) is 0 Å². The van der Waals surface area contributed by atoms with Gasteiger partial charge >= 0.3 is 0 Å². The number of rotatable bonds is 3. The summed E-state index contributed by atoms with van der Waals surface area (Å²) in [6.45, 7) is 2.81. The highest BCUT2D eigenvalue weighted by Gasteiger charge is 2.22. The summed E-state index contributed by atoms with van der Waals surface area (Å²) in [6, 6.07) is 0. The molecule has 2 N–H and O–H groups in total. The number of carbonyl (C=O) groups is 1. The van der Waals surface area contributed by atoms with E-state index in [4.69, 9.17) is 0 Å². The van der Waals surface area contributed by atoms with Crippen molar-refractivity contribution in [2.75, 3.05) is 25.4 Å². The van der Waals surface area contributed by atoms with Crippen molar-refractivity contribution in [1.82, 2.24) is 10.6 Å². The molecule has 16 heavy (non-hydrogen) atoms. The predicted octanol–water partition coefficient (Wildman–Crippen LogP) is 1.39. The zero-order valence-electron chi connectivity index (χ0n) is 9.84. The van der Waals surface area contributed by atoms with Crippen molar-refractivity contribution in [3.63, 3.8) is 0 Å². The molecule has 2 heterocycles. The lowest BCUT2D eigenvalue weighted by Crippen LogP contribution is -2.42. The van der Waals surface area contributed by atoms with Crippen LogP contribution < -0.4 is 10.6 Å². The fourth-order valence-corrected chi connectivity index (χ4v) is 3.64. The Hall–Kier alpha value is -0.220. The maximum atomic E-state index is 11.9. The van der Waals surface area contributed by atoms with Crippen LogP contribution in [0.3, 0.4) is 0 Å². The fraction of sp³-hybridized carbons (Fsp3) is 0.917. The van der Waals surface area contributed by atoms with Gasteiger partial charge in [-0.05, 0) is 38.0 Å². The van der Waals surface area contributed by atoms with Crippen LogP contribution in [0.4, 0.5) is 0 Å². The average molecular weight is 242 g/mol. The first-order valence-electron chi connectivity index (χ1n) is 6.46. The van der Waals surface area contributed by atoms with Crippen LogP contribution in [0.25, 0.3) is 0 Å². The van der Waals surface area contributed by atoms with Gasteiger partial charge in [-0.2, -0.15) is 11.8 Å². The van der Waals surface area contributed by atoms with Crippen LogP contribution >= 0.6 is 11.8 Å². The van der Waals surface area contributed by atoms with Gasteiger partial charge in [0, 0.05) is 18.3 Å². The quantitative estimate of drug-likeness (QED) is 0.786. The summed E-state index contributed by atoms with van der Waals surface area (Å²) in [6.07, 6.45) is 6.14. The number of hydrogen-bond acceptors (Lipinski definition) is 3. The van der Waals surface area contributed by atoms with Crippen molar-refractivity contribution in [2.45, 2.75) is 37.4 Å². The molecule has 1 amide bonds. The minimum absolute atomic E-state index is 0.211. The molecule has 2 aliphatic rings. The molecule has 3 nitrogen and oxygen atoms in total. The van der Waals surface area contributed by atoms with Crippen LogP contribution in [-0.2, 0) is 4.79 Å². The van der Waals surface area contributed by atoms with Gasteiger partial charge in [0.15, 0.2) is 0 Å². The van der Waals surface area contributed by atoms with Gasteiger partial charge in [-0.15, -0.1) is 0 Å². The molecule has 0 spiro atoms. The maximum Gasteiger partial charge on any atom is 0.224 e. The van der Waals surface area contributed by atoms with Crippen LogP contribution in [-0.4, -0.2) is 36.5 Å². The summed E-state index contributed by atoms with van der Waals surface area (Å²) in [7, 11) is 0. The first kappa shape index (κ1) is 12.2. The minimum Gasteiger partial charge on any atom is -0.355 e. The zero-order chi connectivity index (χ0) is 11.2. The Kier molecular flexibility index (Phi) is 4.97. The van der Waals surface area contributed by atoms with Gasteiger partial charge in [0.2, 0.25) is 5.91 Å². The molecule has 0 aromatic heterocycles. The van der Waals surface area contributed by atoms with E-state index in [1.807, 2.05) is 11.8 Å². The number of hydrogen-bond donors (Lipinski definition) is 2. The van der Waals surface area contributed by atoms with E-state index in [1.165, 1.54) is 25.0 Å². The highest BCUT2D eigenvalue weighted by Crippen LogP contribution is 2.24. The van der Waals surface area contributed by atoms with Gasteiger partial charge in [-0.1, -0.05) is 6.42 Å². The molecule has 0 aliphatic carbocycles. The molecule has 0 radical (unpaired) electrons. The average Bonchev–Trinajstić information content (AvgIpc) is 2.38. The van der Waals surface area contributed by atoms with Crippen molar-refractivity contribution < 1.29 is 4.79 Å². The van der Waals surface area contributed by atoms with E-state index < -0.39 is 0 Å². The van der Waals surface area contributed by atoms with Gasteiger partial charge in [0.05, 0.1) is 5.92 Å². The summed E-state index contributed by atoms with van der Waals surface area (Å²) in [5, 5.41) is 7.07. The Morgan fingerprint density at radius 2 is 2.25 bits per heavy atom. The second-order valence-electron chi connectivity index (χ2n) is 4.78. The van der Waals surface area contributed by atoms with Crippen LogP contribution in [0, 0.1) is 5.92 Å². The third-order valence-electron chi connectivity index (χ3n) is 3.45. The van der Waals surface area contributed by atoms with E-state index in [2.05, 4.69) is 10.6 Å². The van der Waals surface area contributed by atoms with Gasteiger partial charge < -0.3 is 10.6 Å². The Labute approximate surface area is 102 Å². The smallest absolute Gasteiger partial charge is 0.224 e. The molecule has 2 atom stereocenters. The van der Waals surface area contributed by atoms with Gasteiger partial charge in [-0.3, -0.25) is 4.79 Å². The van der Waals surface area contributed by atoms with E-state index in [9.17, 15) is 4.79 Å².